The number of benzene rings is 2. The average molecular weight is 350 g/mol. The highest BCUT2D eigenvalue weighted by molar-refractivity contribution is 6.09. The maximum atomic E-state index is 12.3. The van der Waals surface area contributed by atoms with E-state index in [9.17, 15) is 14.9 Å². The van der Waals surface area contributed by atoms with E-state index in [0.717, 1.165) is 0 Å². The van der Waals surface area contributed by atoms with Crippen molar-refractivity contribution >= 4 is 23.6 Å². The molecule has 6 nitrogen and oxygen atoms in total. The van der Waals surface area contributed by atoms with E-state index in [1.807, 2.05) is 12.1 Å². The van der Waals surface area contributed by atoms with E-state index in [0.29, 0.717) is 23.6 Å². The Morgan fingerprint density at radius 2 is 1.88 bits per heavy atom. The zero-order valence-corrected chi connectivity index (χ0v) is 14.5. The normalized spacial score (nSPS) is 10.6. The Balaban J connectivity index is 2.27. The highest BCUT2D eigenvalue weighted by Crippen LogP contribution is 2.29. The number of esters is 1. The number of para-hydroxylation sites is 1. The van der Waals surface area contributed by atoms with Crippen molar-refractivity contribution in [1.29, 1.82) is 5.26 Å². The van der Waals surface area contributed by atoms with Gasteiger partial charge in [0, 0.05) is 12.6 Å². The van der Waals surface area contributed by atoms with Crippen molar-refractivity contribution in [3.8, 4) is 17.6 Å². The third-order valence-corrected chi connectivity index (χ3v) is 3.23. The fourth-order valence-corrected chi connectivity index (χ4v) is 2.16. The van der Waals surface area contributed by atoms with Crippen molar-refractivity contribution in [3.63, 3.8) is 0 Å². The van der Waals surface area contributed by atoms with Crippen LogP contribution in [0, 0.1) is 11.3 Å². The van der Waals surface area contributed by atoms with E-state index in [1.165, 1.54) is 13.0 Å². The van der Waals surface area contributed by atoms with Gasteiger partial charge in [-0.25, -0.2) is 0 Å². The van der Waals surface area contributed by atoms with Crippen molar-refractivity contribution in [2.75, 3.05) is 11.9 Å². The summed E-state index contributed by atoms with van der Waals surface area (Å²) in [5.74, 6) is -0.337. The monoisotopic (exact) mass is 350 g/mol. The molecule has 0 aromatic heterocycles. The molecule has 26 heavy (non-hydrogen) atoms. The molecule has 0 radical (unpaired) electrons. The number of nitrogens with zero attached hydrogens (tertiary/aromatic N) is 1. The maximum absolute atomic E-state index is 12.3. The van der Waals surface area contributed by atoms with Crippen molar-refractivity contribution < 1.29 is 19.1 Å². The van der Waals surface area contributed by atoms with Gasteiger partial charge in [0.25, 0.3) is 5.91 Å². The first-order valence-electron chi connectivity index (χ1n) is 7.97. The van der Waals surface area contributed by atoms with Crippen LogP contribution in [0.4, 0.5) is 5.69 Å². The lowest BCUT2D eigenvalue weighted by molar-refractivity contribution is -0.132. The number of amides is 1. The first-order valence-corrected chi connectivity index (χ1v) is 7.97. The molecule has 0 atom stereocenters. The molecular weight excluding hydrogens is 332 g/mol. The van der Waals surface area contributed by atoms with Crippen LogP contribution in [0.25, 0.3) is 6.08 Å². The van der Waals surface area contributed by atoms with Crippen LogP contribution in [0.1, 0.15) is 19.4 Å². The summed E-state index contributed by atoms with van der Waals surface area (Å²) >= 11 is 0. The quantitative estimate of drug-likeness (QED) is 0.372. The van der Waals surface area contributed by atoms with Crippen molar-refractivity contribution in [2.24, 2.45) is 0 Å². The van der Waals surface area contributed by atoms with Gasteiger partial charge in [0.15, 0.2) is 11.5 Å². The Hall–Kier alpha value is -3.59. The highest BCUT2D eigenvalue weighted by Gasteiger charge is 2.12. The lowest BCUT2D eigenvalue weighted by atomic mass is 10.1. The summed E-state index contributed by atoms with van der Waals surface area (Å²) in [6.45, 7) is 3.47. The van der Waals surface area contributed by atoms with E-state index in [-0.39, 0.29) is 11.3 Å². The smallest absolute Gasteiger partial charge is 0.308 e. The van der Waals surface area contributed by atoms with E-state index < -0.39 is 11.9 Å². The van der Waals surface area contributed by atoms with Gasteiger partial charge < -0.3 is 14.8 Å². The second-order valence-corrected chi connectivity index (χ2v) is 5.22. The highest BCUT2D eigenvalue weighted by atomic mass is 16.6. The molecule has 132 valence electrons. The van der Waals surface area contributed by atoms with Gasteiger partial charge in [-0.05, 0) is 42.8 Å². The Labute approximate surface area is 151 Å². The fraction of sp³-hybridized carbons (Fsp3) is 0.150. The second kappa shape index (κ2) is 9.04. The van der Waals surface area contributed by atoms with Gasteiger partial charge in [-0.15, -0.1) is 0 Å². The van der Waals surface area contributed by atoms with Crippen LogP contribution >= 0.6 is 0 Å². The third-order valence-electron chi connectivity index (χ3n) is 3.23. The van der Waals surface area contributed by atoms with E-state index in [2.05, 4.69) is 5.32 Å². The summed E-state index contributed by atoms with van der Waals surface area (Å²) in [4.78, 5) is 23.4. The number of hydrogen-bond donors (Lipinski definition) is 1. The van der Waals surface area contributed by atoms with Crippen molar-refractivity contribution in [2.45, 2.75) is 13.8 Å². The molecule has 0 aliphatic heterocycles. The third kappa shape index (κ3) is 5.21. The molecular formula is C20H18N2O4. The van der Waals surface area contributed by atoms with Gasteiger partial charge in [0.05, 0.1) is 6.61 Å². The Bertz CT molecular complexity index is 867. The summed E-state index contributed by atoms with van der Waals surface area (Å²) in [6, 6.07) is 15.5. The van der Waals surface area contributed by atoms with Crippen LogP contribution in [0.3, 0.4) is 0 Å². The standard InChI is InChI=1S/C20H18N2O4/c1-3-25-19-12-15(9-10-18(19)26-14(2)23)11-16(13-21)20(24)22-17-7-5-4-6-8-17/h4-12H,3H2,1-2H3,(H,22,24)/b16-11+. The summed E-state index contributed by atoms with van der Waals surface area (Å²) in [6.07, 6.45) is 1.44. The minimum atomic E-state index is -0.513. The van der Waals surface area contributed by atoms with E-state index in [4.69, 9.17) is 9.47 Å². The predicted octanol–water partition coefficient (Wildman–Crippen LogP) is 3.56. The summed E-state index contributed by atoms with van der Waals surface area (Å²) in [7, 11) is 0. The zero-order valence-electron chi connectivity index (χ0n) is 14.5. The molecule has 0 unspecified atom stereocenters. The van der Waals surface area contributed by atoms with Crippen LogP contribution in [-0.2, 0) is 9.59 Å². The lowest BCUT2D eigenvalue weighted by Crippen LogP contribution is -2.13. The second-order valence-electron chi connectivity index (χ2n) is 5.22. The number of nitrogens with one attached hydrogen (secondary N) is 1. The number of ether oxygens (including phenoxy) is 2. The van der Waals surface area contributed by atoms with Crippen LogP contribution in [0.2, 0.25) is 0 Å². The van der Waals surface area contributed by atoms with Gasteiger partial charge >= 0.3 is 5.97 Å². The minimum absolute atomic E-state index is 0.0588. The molecule has 0 heterocycles. The molecule has 0 saturated carbocycles. The maximum Gasteiger partial charge on any atom is 0.308 e. The Morgan fingerprint density at radius 3 is 2.50 bits per heavy atom. The molecule has 0 aliphatic carbocycles. The molecule has 0 spiro atoms. The first-order chi connectivity index (χ1) is 12.5. The number of anilines is 1. The van der Waals surface area contributed by atoms with Crippen LogP contribution in [0.15, 0.2) is 54.1 Å². The molecule has 1 N–H and O–H groups in total. The molecule has 1 amide bonds. The summed E-state index contributed by atoms with van der Waals surface area (Å²) in [5.41, 5.74) is 1.11. The summed E-state index contributed by atoms with van der Waals surface area (Å²) in [5, 5.41) is 12.0. The zero-order chi connectivity index (χ0) is 18.9. The first kappa shape index (κ1) is 18.7. The van der Waals surface area contributed by atoms with Crippen molar-refractivity contribution in [1.82, 2.24) is 0 Å². The van der Waals surface area contributed by atoms with E-state index in [1.54, 1.807) is 49.4 Å². The van der Waals surface area contributed by atoms with Gasteiger partial charge in [0.1, 0.15) is 11.6 Å². The molecule has 0 fully saturated rings. The molecule has 0 saturated heterocycles. The number of rotatable bonds is 6. The largest absolute Gasteiger partial charge is 0.490 e. The van der Waals surface area contributed by atoms with Crippen LogP contribution in [-0.4, -0.2) is 18.5 Å². The Morgan fingerprint density at radius 1 is 1.15 bits per heavy atom. The van der Waals surface area contributed by atoms with Gasteiger partial charge in [-0.1, -0.05) is 24.3 Å². The number of carbonyl (C=O) groups is 2. The van der Waals surface area contributed by atoms with E-state index >= 15 is 0 Å². The number of nitriles is 1. The molecule has 2 aromatic rings. The SMILES string of the molecule is CCOc1cc(/C=C(\C#N)C(=O)Nc2ccccc2)ccc1OC(C)=O. The topological polar surface area (TPSA) is 88.4 Å². The molecule has 0 bridgehead atoms. The predicted molar refractivity (Wildman–Crippen MR) is 97.6 cm³/mol. The molecule has 6 heteroatoms. The van der Waals surface area contributed by atoms with Crippen LogP contribution < -0.4 is 14.8 Å². The minimum Gasteiger partial charge on any atom is -0.490 e. The Kier molecular flexibility index (Phi) is 6.52. The van der Waals surface area contributed by atoms with Crippen molar-refractivity contribution in [3.05, 3.63) is 59.7 Å². The lowest BCUT2D eigenvalue weighted by Gasteiger charge is -2.10. The van der Waals surface area contributed by atoms with Crippen LogP contribution in [0.5, 0.6) is 11.5 Å². The van der Waals surface area contributed by atoms with Gasteiger partial charge in [-0.2, -0.15) is 5.26 Å². The summed E-state index contributed by atoms with van der Waals surface area (Å²) < 4.78 is 10.5. The number of hydrogen-bond acceptors (Lipinski definition) is 5. The molecule has 2 rings (SSSR count). The average Bonchev–Trinajstić information content (AvgIpc) is 2.62. The number of carbonyl (C=O) groups excluding carboxylic acids is 2. The molecule has 2 aromatic carbocycles. The van der Waals surface area contributed by atoms with Gasteiger partial charge in [0.2, 0.25) is 0 Å². The van der Waals surface area contributed by atoms with Gasteiger partial charge in [-0.3, -0.25) is 9.59 Å². The fourth-order valence-electron chi connectivity index (χ4n) is 2.16. The molecule has 0 aliphatic rings.